The Kier molecular flexibility index (Phi) is 39.5. The topological polar surface area (TPSA) is 149 Å². The van der Waals surface area contributed by atoms with Gasteiger partial charge in [-0.2, -0.15) is 0 Å². The van der Waals surface area contributed by atoms with Gasteiger partial charge in [0.15, 0.2) is 6.10 Å². The number of phosphoric acid groups is 1. The van der Waals surface area contributed by atoms with Crippen LogP contribution in [0.5, 0.6) is 0 Å². The van der Waals surface area contributed by atoms with Gasteiger partial charge >= 0.3 is 19.8 Å². The summed E-state index contributed by atoms with van der Waals surface area (Å²) in [6, 6.07) is 0. The zero-order valence-corrected chi connectivity index (χ0v) is 36.5. The SMILES string of the molecule is CCC=CCC=CCC=CCC=CCC=CCC=CCCC(=O)OC(COC(=O)CCCC=CCC=CCC=CCC=CCC=CCC)COP(=O)(O)OCC(O)CO. The van der Waals surface area contributed by atoms with E-state index >= 15 is 0 Å². The van der Waals surface area contributed by atoms with Crippen molar-refractivity contribution in [3.05, 3.63) is 134 Å². The highest BCUT2D eigenvalue weighted by Crippen LogP contribution is 2.43. The molecule has 3 N–H and O–H groups in total. The molecular weight excluding hydrogens is 767 g/mol. The second-order valence-corrected chi connectivity index (χ2v) is 14.7. The summed E-state index contributed by atoms with van der Waals surface area (Å²) in [5.74, 6) is -1.11. The molecule has 0 saturated carbocycles. The highest BCUT2D eigenvalue weighted by molar-refractivity contribution is 7.47. The largest absolute Gasteiger partial charge is 0.472 e. The van der Waals surface area contributed by atoms with Crippen LogP contribution in [-0.2, 0) is 32.7 Å². The number of rotatable bonds is 37. The Morgan fingerprint density at radius 2 is 0.881 bits per heavy atom. The quantitative estimate of drug-likeness (QED) is 0.0239. The number of phosphoric ester groups is 1. The Bertz CT molecular complexity index is 1430. The van der Waals surface area contributed by atoms with Gasteiger partial charge in [0.1, 0.15) is 12.7 Å². The van der Waals surface area contributed by atoms with Crippen molar-refractivity contribution in [3.63, 3.8) is 0 Å². The average molecular weight is 841 g/mol. The van der Waals surface area contributed by atoms with Crippen LogP contribution in [0.25, 0.3) is 0 Å². The van der Waals surface area contributed by atoms with Crippen LogP contribution < -0.4 is 0 Å². The van der Waals surface area contributed by atoms with Crippen LogP contribution in [0.1, 0.15) is 117 Å². The predicted molar refractivity (Wildman–Crippen MR) is 241 cm³/mol. The summed E-state index contributed by atoms with van der Waals surface area (Å²) in [5, 5.41) is 18.3. The Hall–Kier alpha value is -3.89. The fraction of sp³-hybridized carbons (Fsp3) is 0.500. The van der Waals surface area contributed by atoms with Crippen molar-refractivity contribution in [1.29, 1.82) is 0 Å². The van der Waals surface area contributed by atoms with Crippen LogP contribution in [0.2, 0.25) is 0 Å². The summed E-state index contributed by atoms with van der Waals surface area (Å²) >= 11 is 0. The van der Waals surface area contributed by atoms with Gasteiger partial charge in [0.25, 0.3) is 0 Å². The first-order valence-corrected chi connectivity index (χ1v) is 22.6. The van der Waals surface area contributed by atoms with Gasteiger partial charge < -0.3 is 24.6 Å². The standard InChI is InChI=1S/C48H73O10P/c1-3-5-7-9-11-13-15-17-19-21-22-24-26-28-30-32-34-36-38-40-48(52)58-46(44-57-59(53,54)56-42-45(50)41-49)43-55-47(51)39-37-35-33-31-29-27-25-23-20-18-16-14-12-10-8-6-4-2/h5-8,11-14,17-20,22,24-25,27-28,30-31,33-34,36,45-46,49-50H,3-4,9-10,15-16,21,23,26,29,32,35,37-44H2,1-2H3,(H,53,54). The zero-order valence-electron chi connectivity index (χ0n) is 35.6. The van der Waals surface area contributed by atoms with Crippen LogP contribution in [-0.4, -0.2) is 65.7 Å². The van der Waals surface area contributed by atoms with E-state index in [1.165, 1.54) is 0 Å². The molecule has 0 heterocycles. The number of aliphatic hydroxyl groups excluding tert-OH is 2. The van der Waals surface area contributed by atoms with Crippen molar-refractivity contribution in [1.82, 2.24) is 0 Å². The fourth-order valence-electron chi connectivity index (χ4n) is 4.64. The monoisotopic (exact) mass is 840 g/mol. The fourth-order valence-corrected chi connectivity index (χ4v) is 5.43. The maximum Gasteiger partial charge on any atom is 0.472 e. The molecule has 0 saturated heterocycles. The van der Waals surface area contributed by atoms with Crippen molar-refractivity contribution in [2.45, 2.75) is 129 Å². The molecule has 0 aliphatic rings. The average Bonchev–Trinajstić information content (AvgIpc) is 3.22. The number of carbonyl (C=O) groups is 2. The van der Waals surface area contributed by atoms with Gasteiger partial charge in [0, 0.05) is 12.8 Å². The molecule has 0 aliphatic heterocycles. The number of esters is 2. The van der Waals surface area contributed by atoms with E-state index in [0.717, 1.165) is 64.2 Å². The van der Waals surface area contributed by atoms with E-state index in [1.54, 1.807) is 0 Å². The number of unbranched alkanes of at least 4 members (excludes halogenated alkanes) is 1. The number of hydrogen-bond donors (Lipinski definition) is 3. The minimum atomic E-state index is -4.66. The lowest BCUT2D eigenvalue weighted by atomic mass is 10.2. The number of aliphatic hydroxyl groups is 2. The number of hydrogen-bond acceptors (Lipinski definition) is 9. The lowest BCUT2D eigenvalue weighted by Crippen LogP contribution is -2.29. The number of allylic oxidation sites excluding steroid dienone is 22. The van der Waals surface area contributed by atoms with E-state index in [2.05, 4.69) is 122 Å². The Morgan fingerprint density at radius 3 is 1.29 bits per heavy atom. The molecule has 3 unspecified atom stereocenters. The van der Waals surface area contributed by atoms with E-state index in [-0.39, 0.29) is 19.4 Å². The molecule has 0 aromatic heterocycles. The Morgan fingerprint density at radius 1 is 0.508 bits per heavy atom. The van der Waals surface area contributed by atoms with Gasteiger partial charge in [0.2, 0.25) is 0 Å². The third-order valence-electron chi connectivity index (χ3n) is 7.81. The second kappa shape index (κ2) is 42.2. The van der Waals surface area contributed by atoms with Gasteiger partial charge in [-0.1, -0.05) is 148 Å². The molecule has 0 aromatic rings. The first-order chi connectivity index (χ1) is 28.7. The van der Waals surface area contributed by atoms with Crippen molar-refractivity contribution in [2.75, 3.05) is 26.4 Å². The molecule has 3 atom stereocenters. The molecule has 0 spiro atoms. The van der Waals surface area contributed by atoms with Gasteiger partial charge in [-0.05, 0) is 89.9 Å². The highest BCUT2D eigenvalue weighted by atomic mass is 31.2. The van der Waals surface area contributed by atoms with Crippen LogP contribution in [0.4, 0.5) is 0 Å². The maximum absolute atomic E-state index is 12.6. The molecular formula is C48H73O10P. The van der Waals surface area contributed by atoms with Crippen molar-refractivity contribution >= 4 is 19.8 Å². The first-order valence-electron chi connectivity index (χ1n) is 21.1. The summed E-state index contributed by atoms with van der Waals surface area (Å²) < 4.78 is 32.5. The maximum atomic E-state index is 12.6. The number of carbonyl (C=O) groups excluding carboxylic acids is 2. The van der Waals surface area contributed by atoms with Crippen LogP contribution in [0.3, 0.4) is 0 Å². The van der Waals surface area contributed by atoms with Crippen molar-refractivity contribution in [3.8, 4) is 0 Å². The smallest absolute Gasteiger partial charge is 0.462 e. The molecule has 0 aliphatic carbocycles. The summed E-state index contributed by atoms with van der Waals surface area (Å²) in [6.07, 6.45) is 55.8. The molecule has 0 aromatic carbocycles. The molecule has 0 bridgehead atoms. The highest BCUT2D eigenvalue weighted by Gasteiger charge is 2.27. The van der Waals surface area contributed by atoms with Crippen molar-refractivity contribution in [2.24, 2.45) is 0 Å². The summed E-state index contributed by atoms with van der Waals surface area (Å²) in [6.45, 7) is 1.96. The minimum Gasteiger partial charge on any atom is -0.462 e. The van der Waals surface area contributed by atoms with Gasteiger partial charge in [-0.25, -0.2) is 4.57 Å². The lowest BCUT2D eigenvalue weighted by molar-refractivity contribution is -0.161. The minimum absolute atomic E-state index is 0.0375. The second-order valence-electron chi connectivity index (χ2n) is 13.2. The van der Waals surface area contributed by atoms with Gasteiger partial charge in [-0.15, -0.1) is 0 Å². The van der Waals surface area contributed by atoms with E-state index in [1.807, 2.05) is 30.4 Å². The Labute approximate surface area is 355 Å². The molecule has 0 rings (SSSR count). The Balaban J connectivity index is 4.57. The predicted octanol–water partition coefficient (Wildman–Crippen LogP) is 11.3. The van der Waals surface area contributed by atoms with E-state index in [0.29, 0.717) is 25.7 Å². The number of ether oxygens (including phenoxy) is 2. The summed E-state index contributed by atoms with van der Waals surface area (Å²) in [5.41, 5.74) is 0. The summed E-state index contributed by atoms with van der Waals surface area (Å²) in [7, 11) is -4.66. The van der Waals surface area contributed by atoms with Gasteiger partial charge in [0.05, 0.1) is 19.8 Å². The summed E-state index contributed by atoms with van der Waals surface area (Å²) in [4.78, 5) is 34.9. The van der Waals surface area contributed by atoms with Crippen LogP contribution in [0, 0.1) is 0 Å². The lowest BCUT2D eigenvalue weighted by Gasteiger charge is -2.20. The molecule has 0 radical (unpaired) electrons. The molecule has 330 valence electrons. The van der Waals surface area contributed by atoms with E-state index < -0.39 is 51.8 Å². The third kappa shape index (κ3) is 42.1. The van der Waals surface area contributed by atoms with Crippen molar-refractivity contribution < 1.29 is 47.8 Å². The molecule has 0 amide bonds. The molecule has 11 heteroatoms. The van der Waals surface area contributed by atoms with Crippen LogP contribution in [0.15, 0.2) is 134 Å². The van der Waals surface area contributed by atoms with Gasteiger partial charge in [-0.3, -0.25) is 18.6 Å². The molecule has 59 heavy (non-hydrogen) atoms. The molecule has 0 fully saturated rings. The third-order valence-corrected chi connectivity index (χ3v) is 8.76. The zero-order chi connectivity index (χ0) is 43.3. The van der Waals surface area contributed by atoms with Crippen LogP contribution >= 0.6 is 7.82 Å². The van der Waals surface area contributed by atoms with E-state index in [4.69, 9.17) is 19.1 Å². The first kappa shape index (κ1) is 55.1. The molecule has 10 nitrogen and oxygen atoms in total. The van der Waals surface area contributed by atoms with E-state index in [9.17, 15) is 24.2 Å². The normalized spacial score (nSPS) is 15.1.